The molecule has 1 aliphatic rings. The molecule has 0 aromatic heterocycles. The van der Waals surface area contributed by atoms with E-state index in [0.717, 1.165) is 13.2 Å². The summed E-state index contributed by atoms with van der Waals surface area (Å²) in [5.74, 6) is 0. The molecule has 16 heavy (non-hydrogen) atoms. The zero-order valence-electron chi connectivity index (χ0n) is 11.6. The van der Waals surface area contributed by atoms with Crippen molar-refractivity contribution < 1.29 is 8.85 Å². The van der Waals surface area contributed by atoms with Gasteiger partial charge in [-0.25, -0.2) is 0 Å². The topological polar surface area (TPSA) is 18.5 Å². The van der Waals surface area contributed by atoms with E-state index in [-0.39, 0.29) is 0 Å². The van der Waals surface area contributed by atoms with Gasteiger partial charge >= 0.3 is 9.28 Å². The first-order valence-electron chi connectivity index (χ1n) is 6.71. The lowest BCUT2D eigenvalue weighted by Crippen LogP contribution is -2.45. The van der Waals surface area contributed by atoms with E-state index in [0.29, 0.717) is 10.5 Å². The van der Waals surface area contributed by atoms with Crippen LogP contribution in [0.3, 0.4) is 0 Å². The molecular weight excluding hydrogens is 216 g/mol. The highest BCUT2D eigenvalue weighted by molar-refractivity contribution is 6.49. The predicted molar refractivity (Wildman–Crippen MR) is 71.0 cm³/mol. The molecular formula is C13H28O2Si. The van der Waals surface area contributed by atoms with Crippen molar-refractivity contribution in [3.8, 4) is 0 Å². The van der Waals surface area contributed by atoms with Gasteiger partial charge in [-0.3, -0.25) is 0 Å². The van der Waals surface area contributed by atoms with Crippen molar-refractivity contribution in [2.24, 2.45) is 5.41 Å². The lowest BCUT2D eigenvalue weighted by atomic mass is 9.78. The second kappa shape index (κ2) is 5.65. The van der Waals surface area contributed by atoms with Gasteiger partial charge in [0.15, 0.2) is 0 Å². The third kappa shape index (κ3) is 2.69. The fourth-order valence-electron chi connectivity index (χ4n) is 3.02. The Labute approximate surface area is 103 Å². The summed E-state index contributed by atoms with van der Waals surface area (Å²) < 4.78 is 12.0. The number of rotatable bonds is 5. The molecule has 0 spiro atoms. The van der Waals surface area contributed by atoms with E-state index in [4.69, 9.17) is 8.85 Å². The molecule has 0 radical (unpaired) electrons. The highest BCUT2D eigenvalue weighted by Gasteiger charge is 2.52. The van der Waals surface area contributed by atoms with Crippen LogP contribution in [0, 0.1) is 5.41 Å². The predicted octanol–water partition coefficient (Wildman–Crippen LogP) is 3.64. The molecule has 3 heteroatoms. The van der Waals surface area contributed by atoms with Gasteiger partial charge in [0.2, 0.25) is 0 Å². The van der Waals surface area contributed by atoms with E-state index in [2.05, 4.69) is 34.6 Å². The largest absolute Gasteiger partial charge is 0.396 e. The van der Waals surface area contributed by atoms with E-state index in [9.17, 15) is 0 Å². The molecule has 0 saturated heterocycles. The van der Waals surface area contributed by atoms with Crippen LogP contribution in [0.4, 0.5) is 0 Å². The average Bonchev–Trinajstić information content (AvgIpc) is 2.66. The van der Waals surface area contributed by atoms with Crippen LogP contribution < -0.4 is 0 Å². The normalized spacial score (nSPS) is 20.6. The second-order valence-corrected chi connectivity index (χ2v) is 8.29. The lowest BCUT2D eigenvalue weighted by molar-refractivity contribution is 0.135. The van der Waals surface area contributed by atoms with Gasteiger partial charge in [-0.1, -0.05) is 33.6 Å². The average molecular weight is 244 g/mol. The molecule has 96 valence electrons. The van der Waals surface area contributed by atoms with Crippen molar-refractivity contribution in [2.45, 2.75) is 65.3 Å². The molecule has 1 aliphatic carbocycles. The fraction of sp³-hybridized carbons (Fsp3) is 1.00. The first-order valence-corrected chi connectivity index (χ1v) is 8.23. The van der Waals surface area contributed by atoms with Crippen LogP contribution in [0.25, 0.3) is 0 Å². The van der Waals surface area contributed by atoms with Gasteiger partial charge in [-0.2, -0.15) is 0 Å². The molecule has 1 saturated carbocycles. The van der Waals surface area contributed by atoms with Crippen molar-refractivity contribution in [1.82, 2.24) is 0 Å². The summed E-state index contributed by atoms with van der Waals surface area (Å²) in [4.78, 5) is 0. The van der Waals surface area contributed by atoms with Gasteiger partial charge in [-0.05, 0) is 32.1 Å². The fourth-order valence-corrected chi connectivity index (χ4v) is 5.94. The standard InChI is InChI=1S/C13H28O2Si/c1-6-14-16(15-7-2)13(12(3,4)5)10-8-9-11-13/h16H,6-11H2,1-5H3. The first kappa shape index (κ1) is 14.2. The molecule has 0 atom stereocenters. The maximum atomic E-state index is 6.01. The van der Waals surface area contributed by atoms with Crippen molar-refractivity contribution in [1.29, 1.82) is 0 Å². The Balaban J connectivity index is 2.89. The smallest absolute Gasteiger partial charge is 0.328 e. The maximum Gasteiger partial charge on any atom is 0.328 e. The Kier molecular flexibility index (Phi) is 5.01. The van der Waals surface area contributed by atoms with Crippen molar-refractivity contribution in [3.05, 3.63) is 0 Å². The van der Waals surface area contributed by atoms with E-state index in [1.807, 2.05) is 0 Å². The van der Waals surface area contributed by atoms with E-state index >= 15 is 0 Å². The molecule has 2 nitrogen and oxygen atoms in total. The minimum absolute atomic E-state index is 0.310. The maximum absolute atomic E-state index is 6.01. The monoisotopic (exact) mass is 244 g/mol. The summed E-state index contributed by atoms with van der Waals surface area (Å²) in [5.41, 5.74) is 0.310. The molecule has 0 amide bonds. The second-order valence-electron chi connectivity index (χ2n) is 5.86. The summed E-state index contributed by atoms with van der Waals surface area (Å²) in [7, 11) is -1.55. The van der Waals surface area contributed by atoms with Crippen LogP contribution >= 0.6 is 0 Å². The Morgan fingerprint density at radius 1 is 1.00 bits per heavy atom. The highest BCUT2D eigenvalue weighted by Crippen LogP contribution is 2.59. The summed E-state index contributed by atoms with van der Waals surface area (Å²) in [6.45, 7) is 12.8. The zero-order valence-corrected chi connectivity index (χ0v) is 12.8. The summed E-state index contributed by atoms with van der Waals surface area (Å²) in [5, 5.41) is 0.346. The van der Waals surface area contributed by atoms with Gasteiger partial charge < -0.3 is 8.85 Å². The number of hydrogen-bond donors (Lipinski definition) is 0. The van der Waals surface area contributed by atoms with E-state index in [1.54, 1.807) is 0 Å². The molecule has 0 aliphatic heterocycles. The molecule has 0 unspecified atom stereocenters. The molecule has 0 N–H and O–H groups in total. The van der Waals surface area contributed by atoms with Crippen LogP contribution in [0.2, 0.25) is 5.04 Å². The van der Waals surface area contributed by atoms with Crippen LogP contribution in [0.5, 0.6) is 0 Å². The molecule has 0 aromatic rings. The van der Waals surface area contributed by atoms with Crippen LogP contribution in [0.1, 0.15) is 60.3 Å². The lowest BCUT2D eigenvalue weighted by Gasteiger charge is -2.45. The van der Waals surface area contributed by atoms with Gasteiger partial charge in [-0.15, -0.1) is 0 Å². The van der Waals surface area contributed by atoms with Crippen LogP contribution in [0.15, 0.2) is 0 Å². The van der Waals surface area contributed by atoms with Gasteiger partial charge in [0.05, 0.1) is 0 Å². The van der Waals surface area contributed by atoms with Crippen LogP contribution in [-0.2, 0) is 8.85 Å². The van der Waals surface area contributed by atoms with Crippen molar-refractivity contribution in [3.63, 3.8) is 0 Å². The minimum atomic E-state index is -1.55. The van der Waals surface area contributed by atoms with Crippen LogP contribution in [-0.4, -0.2) is 22.5 Å². The van der Waals surface area contributed by atoms with Crippen molar-refractivity contribution in [2.75, 3.05) is 13.2 Å². The first-order chi connectivity index (χ1) is 7.48. The highest BCUT2D eigenvalue weighted by atomic mass is 28.3. The van der Waals surface area contributed by atoms with Crippen molar-refractivity contribution >= 4 is 9.28 Å². The van der Waals surface area contributed by atoms with E-state index < -0.39 is 9.28 Å². The Morgan fingerprint density at radius 3 is 1.75 bits per heavy atom. The molecule has 0 aromatic carbocycles. The minimum Gasteiger partial charge on any atom is -0.396 e. The molecule has 1 fully saturated rings. The number of hydrogen-bond acceptors (Lipinski definition) is 2. The van der Waals surface area contributed by atoms with E-state index in [1.165, 1.54) is 25.7 Å². The molecule has 1 rings (SSSR count). The summed E-state index contributed by atoms with van der Waals surface area (Å²) in [6.07, 6.45) is 5.29. The third-order valence-corrected chi connectivity index (χ3v) is 7.69. The SMILES string of the molecule is CCO[SiH](OCC)C1(C(C)(C)C)CCCC1. The third-order valence-electron chi connectivity index (χ3n) is 4.08. The zero-order chi connectivity index (χ0) is 12.2. The van der Waals surface area contributed by atoms with Gasteiger partial charge in [0, 0.05) is 18.3 Å². The molecule has 0 heterocycles. The summed E-state index contributed by atoms with van der Waals surface area (Å²) >= 11 is 0. The van der Waals surface area contributed by atoms with Gasteiger partial charge in [0.25, 0.3) is 0 Å². The van der Waals surface area contributed by atoms with Gasteiger partial charge in [0.1, 0.15) is 0 Å². The Morgan fingerprint density at radius 2 is 1.44 bits per heavy atom. The summed E-state index contributed by atoms with van der Waals surface area (Å²) in [6, 6.07) is 0. The molecule has 0 bridgehead atoms. The Bertz CT molecular complexity index is 198. The quantitative estimate of drug-likeness (QED) is 0.687. The Hall–Kier alpha value is 0.137.